The molecule has 2 unspecified atom stereocenters. The summed E-state index contributed by atoms with van der Waals surface area (Å²) in [6.45, 7) is 0.662. The van der Waals surface area contributed by atoms with Crippen LogP contribution in [-0.4, -0.2) is 38.7 Å². The lowest BCUT2D eigenvalue weighted by Gasteiger charge is -2.07. The predicted octanol–water partition coefficient (Wildman–Crippen LogP) is -0.299. The van der Waals surface area contributed by atoms with E-state index in [0.29, 0.717) is 19.4 Å². The van der Waals surface area contributed by atoms with E-state index in [4.69, 9.17) is 0 Å². The molecule has 5 nitrogen and oxygen atoms in total. The first-order chi connectivity index (χ1) is 6.67. The average molecular weight is 201 g/mol. The topological polar surface area (TPSA) is 64.6 Å². The second kappa shape index (κ2) is 4.95. The van der Waals surface area contributed by atoms with Crippen molar-refractivity contribution in [3.8, 4) is 0 Å². The minimum absolute atomic E-state index is 0.173. The van der Waals surface area contributed by atoms with Crippen LogP contribution in [0.3, 0.4) is 0 Å². The molecule has 0 aromatic carbocycles. The molecule has 0 spiro atoms. The predicted molar refractivity (Wildman–Crippen MR) is 48.5 cm³/mol. The van der Waals surface area contributed by atoms with Gasteiger partial charge in [0.05, 0.1) is 14.2 Å². The van der Waals surface area contributed by atoms with E-state index in [9.17, 15) is 9.59 Å². The molecule has 80 valence electrons. The summed E-state index contributed by atoms with van der Waals surface area (Å²) < 4.78 is 9.15. The van der Waals surface area contributed by atoms with Gasteiger partial charge < -0.3 is 14.8 Å². The highest BCUT2D eigenvalue weighted by atomic mass is 16.5. The Morgan fingerprint density at radius 1 is 1.36 bits per heavy atom. The van der Waals surface area contributed by atoms with Gasteiger partial charge in [-0.1, -0.05) is 0 Å². The zero-order chi connectivity index (χ0) is 10.6. The van der Waals surface area contributed by atoms with E-state index in [0.717, 1.165) is 0 Å². The van der Waals surface area contributed by atoms with Crippen molar-refractivity contribution in [2.45, 2.75) is 18.9 Å². The van der Waals surface area contributed by atoms with Gasteiger partial charge in [0.25, 0.3) is 0 Å². The highest BCUT2D eigenvalue weighted by molar-refractivity contribution is 5.76. The minimum Gasteiger partial charge on any atom is -0.469 e. The lowest BCUT2D eigenvalue weighted by molar-refractivity contribution is -0.144. The van der Waals surface area contributed by atoms with Gasteiger partial charge in [0.2, 0.25) is 0 Å². The zero-order valence-electron chi connectivity index (χ0n) is 8.41. The monoisotopic (exact) mass is 201 g/mol. The van der Waals surface area contributed by atoms with E-state index in [-0.39, 0.29) is 23.9 Å². The van der Waals surface area contributed by atoms with Crippen LogP contribution in [-0.2, 0) is 19.1 Å². The molecule has 1 N–H and O–H groups in total. The Bertz CT molecular complexity index is 229. The molecule has 1 rings (SSSR count). The minimum atomic E-state index is -0.269. The van der Waals surface area contributed by atoms with E-state index in [1.807, 2.05) is 0 Å². The molecule has 1 saturated heterocycles. The van der Waals surface area contributed by atoms with Crippen molar-refractivity contribution in [2.24, 2.45) is 5.92 Å². The van der Waals surface area contributed by atoms with Gasteiger partial charge in [-0.3, -0.25) is 9.59 Å². The van der Waals surface area contributed by atoms with Crippen LogP contribution in [0.25, 0.3) is 0 Å². The van der Waals surface area contributed by atoms with Crippen molar-refractivity contribution >= 4 is 11.9 Å². The Hall–Kier alpha value is -1.10. The summed E-state index contributed by atoms with van der Waals surface area (Å²) in [5.74, 6) is -0.328. The number of methoxy groups -OCH3 is 2. The quantitative estimate of drug-likeness (QED) is 0.635. The van der Waals surface area contributed by atoms with E-state index < -0.39 is 0 Å². The lowest BCUT2D eigenvalue weighted by Crippen LogP contribution is -2.31. The average Bonchev–Trinajstić information content (AvgIpc) is 2.65. The van der Waals surface area contributed by atoms with Crippen molar-refractivity contribution < 1.29 is 19.1 Å². The maximum absolute atomic E-state index is 11.1. The van der Waals surface area contributed by atoms with E-state index in [1.165, 1.54) is 14.2 Å². The molecule has 1 heterocycles. The van der Waals surface area contributed by atoms with Crippen LogP contribution in [0.2, 0.25) is 0 Å². The van der Waals surface area contributed by atoms with Crippen molar-refractivity contribution in [1.29, 1.82) is 0 Å². The highest BCUT2D eigenvalue weighted by Crippen LogP contribution is 2.18. The third-order valence-electron chi connectivity index (χ3n) is 2.39. The SMILES string of the molecule is COC(=O)CC1CNC(C(=O)OC)C1. The molecule has 2 atom stereocenters. The van der Waals surface area contributed by atoms with E-state index in [2.05, 4.69) is 14.8 Å². The maximum atomic E-state index is 11.1. The van der Waals surface area contributed by atoms with Gasteiger partial charge in [-0.25, -0.2) is 0 Å². The molecule has 0 saturated carbocycles. The Morgan fingerprint density at radius 2 is 2.07 bits per heavy atom. The van der Waals surface area contributed by atoms with Crippen LogP contribution in [0, 0.1) is 5.92 Å². The van der Waals surface area contributed by atoms with Gasteiger partial charge >= 0.3 is 11.9 Å². The van der Waals surface area contributed by atoms with E-state index >= 15 is 0 Å². The molecular weight excluding hydrogens is 186 g/mol. The highest BCUT2D eigenvalue weighted by Gasteiger charge is 2.31. The number of nitrogens with one attached hydrogen (secondary N) is 1. The third kappa shape index (κ3) is 2.70. The second-order valence-electron chi connectivity index (χ2n) is 3.37. The summed E-state index contributed by atoms with van der Waals surface area (Å²) in [5.41, 5.74) is 0. The molecule has 1 aliphatic rings. The molecule has 0 bridgehead atoms. The van der Waals surface area contributed by atoms with Crippen LogP contribution in [0.5, 0.6) is 0 Å². The van der Waals surface area contributed by atoms with Crippen LogP contribution in [0.15, 0.2) is 0 Å². The molecular formula is C9H15NO4. The molecule has 0 radical (unpaired) electrons. The Balaban J connectivity index is 2.34. The summed E-state index contributed by atoms with van der Waals surface area (Å²) in [6.07, 6.45) is 0.999. The summed E-state index contributed by atoms with van der Waals surface area (Å²) in [7, 11) is 2.72. The van der Waals surface area contributed by atoms with Crippen LogP contribution in [0.4, 0.5) is 0 Å². The molecule has 1 aliphatic heterocycles. The second-order valence-corrected chi connectivity index (χ2v) is 3.37. The first-order valence-electron chi connectivity index (χ1n) is 4.55. The standard InChI is InChI=1S/C9H15NO4/c1-13-8(11)4-6-3-7(10-5-6)9(12)14-2/h6-7,10H,3-5H2,1-2H3. The smallest absolute Gasteiger partial charge is 0.322 e. The molecule has 14 heavy (non-hydrogen) atoms. The van der Waals surface area contributed by atoms with Gasteiger partial charge in [0.15, 0.2) is 0 Å². The first-order valence-corrected chi connectivity index (χ1v) is 4.55. The number of rotatable bonds is 3. The molecule has 0 aromatic heterocycles. The number of esters is 2. The summed E-state index contributed by atoms with van der Waals surface area (Å²) in [4.78, 5) is 22.1. The molecule has 0 amide bonds. The van der Waals surface area contributed by atoms with Crippen LogP contribution < -0.4 is 5.32 Å². The van der Waals surface area contributed by atoms with Crippen molar-refractivity contribution in [3.05, 3.63) is 0 Å². The molecule has 5 heteroatoms. The number of hydrogen-bond donors (Lipinski definition) is 1. The van der Waals surface area contributed by atoms with E-state index in [1.54, 1.807) is 0 Å². The van der Waals surface area contributed by atoms with Gasteiger partial charge in [-0.2, -0.15) is 0 Å². The normalized spacial score (nSPS) is 25.9. The van der Waals surface area contributed by atoms with Gasteiger partial charge in [-0.15, -0.1) is 0 Å². The van der Waals surface area contributed by atoms with Gasteiger partial charge in [0.1, 0.15) is 6.04 Å². The summed E-state index contributed by atoms with van der Waals surface area (Å²) in [5, 5.41) is 3.00. The fraction of sp³-hybridized carbons (Fsp3) is 0.778. The van der Waals surface area contributed by atoms with Crippen LogP contribution in [0.1, 0.15) is 12.8 Å². The number of carbonyl (C=O) groups excluding carboxylic acids is 2. The van der Waals surface area contributed by atoms with Crippen molar-refractivity contribution in [3.63, 3.8) is 0 Å². The molecule has 0 aromatic rings. The van der Waals surface area contributed by atoms with Crippen molar-refractivity contribution in [2.75, 3.05) is 20.8 Å². The number of ether oxygens (including phenoxy) is 2. The number of hydrogen-bond acceptors (Lipinski definition) is 5. The fourth-order valence-corrected chi connectivity index (χ4v) is 1.61. The number of carbonyl (C=O) groups is 2. The Labute approximate surface area is 82.8 Å². The summed E-state index contributed by atoms with van der Waals surface area (Å²) in [6, 6.07) is -0.269. The molecule has 0 aliphatic carbocycles. The molecule has 1 fully saturated rings. The zero-order valence-corrected chi connectivity index (χ0v) is 8.41. The fourth-order valence-electron chi connectivity index (χ4n) is 1.61. The Morgan fingerprint density at radius 3 is 2.64 bits per heavy atom. The maximum Gasteiger partial charge on any atom is 0.322 e. The first kappa shape index (κ1) is 11.0. The largest absolute Gasteiger partial charge is 0.469 e. The third-order valence-corrected chi connectivity index (χ3v) is 2.39. The van der Waals surface area contributed by atoms with Crippen LogP contribution >= 0.6 is 0 Å². The van der Waals surface area contributed by atoms with Crippen molar-refractivity contribution in [1.82, 2.24) is 5.32 Å². The summed E-state index contributed by atoms with van der Waals surface area (Å²) >= 11 is 0. The van der Waals surface area contributed by atoms with Gasteiger partial charge in [-0.05, 0) is 18.9 Å². The Kier molecular flexibility index (Phi) is 3.88. The van der Waals surface area contributed by atoms with Gasteiger partial charge in [0, 0.05) is 6.42 Å². The lowest BCUT2D eigenvalue weighted by atomic mass is 10.0.